The van der Waals surface area contributed by atoms with Gasteiger partial charge in [-0.05, 0) is 42.5 Å². The first-order chi connectivity index (χ1) is 14.8. The fraction of sp³-hybridized carbons (Fsp3) is 0.150. The molecule has 2 heterocycles. The Morgan fingerprint density at radius 3 is 2.55 bits per heavy atom. The maximum absolute atomic E-state index is 12.4. The van der Waals surface area contributed by atoms with Crippen LogP contribution in [0.2, 0.25) is 0 Å². The molecule has 0 bridgehead atoms. The van der Waals surface area contributed by atoms with Gasteiger partial charge in [-0.25, -0.2) is 4.98 Å². The standard InChI is InChI=1S/C20H14F3N3O5/c21-20(22,23)31-14-4-2-13(3-5-14)25-18(27)9-26-10-24-15(8-19(26)28)12-1-6-16-17(7-12)30-11-29-16/h1-8,10H,9,11H2,(H,25,27). The van der Waals surface area contributed by atoms with E-state index in [4.69, 9.17) is 9.47 Å². The van der Waals surface area contributed by atoms with Crippen molar-refractivity contribution in [1.29, 1.82) is 0 Å². The summed E-state index contributed by atoms with van der Waals surface area (Å²) in [7, 11) is 0. The largest absolute Gasteiger partial charge is 0.573 e. The highest BCUT2D eigenvalue weighted by Gasteiger charge is 2.31. The summed E-state index contributed by atoms with van der Waals surface area (Å²) < 4.78 is 52.0. The molecule has 0 unspecified atom stereocenters. The van der Waals surface area contributed by atoms with Crippen molar-refractivity contribution in [2.45, 2.75) is 12.9 Å². The van der Waals surface area contributed by atoms with E-state index in [1.807, 2.05) is 0 Å². The first kappa shape index (κ1) is 20.3. The van der Waals surface area contributed by atoms with Gasteiger partial charge >= 0.3 is 6.36 Å². The van der Waals surface area contributed by atoms with Gasteiger partial charge in [-0.15, -0.1) is 13.2 Å². The molecule has 0 saturated carbocycles. The van der Waals surface area contributed by atoms with Gasteiger partial charge in [-0.2, -0.15) is 0 Å². The number of benzene rings is 2. The highest BCUT2D eigenvalue weighted by molar-refractivity contribution is 5.90. The Balaban J connectivity index is 1.41. The third-order valence-corrected chi connectivity index (χ3v) is 4.23. The van der Waals surface area contributed by atoms with Gasteiger partial charge in [0.25, 0.3) is 5.56 Å². The van der Waals surface area contributed by atoms with Gasteiger partial charge in [0.15, 0.2) is 11.5 Å². The van der Waals surface area contributed by atoms with E-state index in [0.29, 0.717) is 22.8 Å². The number of carbonyl (C=O) groups excluding carboxylic acids is 1. The minimum absolute atomic E-state index is 0.126. The van der Waals surface area contributed by atoms with E-state index in [0.717, 1.165) is 16.7 Å². The van der Waals surface area contributed by atoms with Crippen LogP contribution in [-0.2, 0) is 11.3 Å². The van der Waals surface area contributed by atoms with Gasteiger partial charge in [0, 0.05) is 17.3 Å². The lowest BCUT2D eigenvalue weighted by Gasteiger charge is -2.10. The highest BCUT2D eigenvalue weighted by atomic mass is 19.4. The molecule has 0 saturated heterocycles. The molecule has 0 radical (unpaired) electrons. The second-order valence-electron chi connectivity index (χ2n) is 6.43. The van der Waals surface area contributed by atoms with Gasteiger partial charge in [0.1, 0.15) is 12.3 Å². The molecular weight excluding hydrogens is 419 g/mol. The Hall–Kier alpha value is -4.02. The fourth-order valence-electron chi connectivity index (χ4n) is 2.85. The molecule has 3 aromatic rings. The summed E-state index contributed by atoms with van der Waals surface area (Å²) in [4.78, 5) is 28.8. The summed E-state index contributed by atoms with van der Waals surface area (Å²) in [5, 5.41) is 2.49. The van der Waals surface area contributed by atoms with Crippen molar-refractivity contribution in [3.8, 4) is 28.5 Å². The summed E-state index contributed by atoms with van der Waals surface area (Å²) in [6.45, 7) is -0.199. The number of aromatic nitrogens is 2. The number of rotatable bonds is 5. The Morgan fingerprint density at radius 1 is 1.10 bits per heavy atom. The number of nitrogens with zero attached hydrogens (tertiary/aromatic N) is 2. The zero-order valence-corrected chi connectivity index (χ0v) is 15.7. The van der Waals surface area contributed by atoms with Gasteiger partial charge in [-0.1, -0.05) is 0 Å². The molecule has 31 heavy (non-hydrogen) atoms. The molecule has 1 aromatic heterocycles. The summed E-state index contributed by atoms with van der Waals surface area (Å²) >= 11 is 0. The van der Waals surface area contributed by atoms with Crippen molar-refractivity contribution >= 4 is 11.6 Å². The van der Waals surface area contributed by atoms with Gasteiger partial charge in [0.05, 0.1) is 12.0 Å². The number of halogens is 3. The zero-order valence-electron chi connectivity index (χ0n) is 15.7. The van der Waals surface area contributed by atoms with E-state index >= 15 is 0 Å². The summed E-state index contributed by atoms with van der Waals surface area (Å²) in [6, 6.07) is 11.1. The number of ether oxygens (including phenoxy) is 3. The van der Waals surface area contributed by atoms with E-state index < -0.39 is 23.6 Å². The number of carbonyl (C=O) groups is 1. The van der Waals surface area contributed by atoms with Crippen LogP contribution in [0, 0.1) is 0 Å². The molecule has 0 spiro atoms. The van der Waals surface area contributed by atoms with Crippen LogP contribution in [0.25, 0.3) is 11.3 Å². The molecule has 0 aliphatic carbocycles. The molecule has 1 aliphatic rings. The Labute approximate surface area is 172 Å². The van der Waals surface area contributed by atoms with Gasteiger partial charge in [0.2, 0.25) is 12.7 Å². The molecular formula is C20H14F3N3O5. The number of alkyl halides is 3. The predicted octanol–water partition coefficient (Wildman–Crippen LogP) is 3.18. The van der Waals surface area contributed by atoms with Crippen LogP contribution in [-0.4, -0.2) is 28.6 Å². The lowest BCUT2D eigenvalue weighted by atomic mass is 10.1. The lowest BCUT2D eigenvalue weighted by Crippen LogP contribution is -2.27. The second-order valence-corrected chi connectivity index (χ2v) is 6.43. The quantitative estimate of drug-likeness (QED) is 0.665. The van der Waals surface area contributed by atoms with Crippen molar-refractivity contribution < 1.29 is 32.2 Å². The molecule has 1 aliphatic heterocycles. The first-order valence-electron chi connectivity index (χ1n) is 8.89. The van der Waals surface area contributed by atoms with Crippen molar-refractivity contribution in [3.05, 3.63) is 65.2 Å². The molecule has 160 valence electrons. The number of fused-ring (bicyclic) bond motifs is 1. The monoisotopic (exact) mass is 433 g/mol. The Bertz CT molecular complexity index is 1180. The lowest BCUT2D eigenvalue weighted by molar-refractivity contribution is -0.274. The van der Waals surface area contributed by atoms with Crippen molar-refractivity contribution in [1.82, 2.24) is 9.55 Å². The number of nitrogens with one attached hydrogen (secondary N) is 1. The Kier molecular flexibility index (Phi) is 5.24. The van der Waals surface area contributed by atoms with E-state index in [1.165, 1.54) is 24.5 Å². The third-order valence-electron chi connectivity index (χ3n) is 4.23. The molecule has 4 rings (SSSR count). The molecule has 0 fully saturated rings. The average Bonchev–Trinajstić information content (AvgIpc) is 3.18. The molecule has 11 heteroatoms. The van der Waals surface area contributed by atoms with E-state index in [-0.39, 0.29) is 19.0 Å². The highest BCUT2D eigenvalue weighted by Crippen LogP contribution is 2.35. The number of anilines is 1. The van der Waals surface area contributed by atoms with Gasteiger partial charge in [-0.3, -0.25) is 14.2 Å². The van der Waals surface area contributed by atoms with Crippen LogP contribution in [0.4, 0.5) is 18.9 Å². The minimum Gasteiger partial charge on any atom is -0.454 e. The number of hydrogen-bond acceptors (Lipinski definition) is 6. The summed E-state index contributed by atoms with van der Waals surface area (Å²) in [6.07, 6.45) is -3.56. The van der Waals surface area contributed by atoms with Crippen LogP contribution < -0.4 is 25.1 Å². The normalized spacial score (nSPS) is 12.5. The molecule has 1 amide bonds. The van der Waals surface area contributed by atoms with E-state index in [2.05, 4.69) is 15.0 Å². The van der Waals surface area contributed by atoms with Crippen LogP contribution >= 0.6 is 0 Å². The summed E-state index contributed by atoms with van der Waals surface area (Å²) in [5.41, 5.74) is 0.851. The molecule has 2 aromatic carbocycles. The van der Waals surface area contributed by atoms with Crippen molar-refractivity contribution in [3.63, 3.8) is 0 Å². The molecule has 8 nitrogen and oxygen atoms in total. The average molecular weight is 433 g/mol. The van der Waals surface area contributed by atoms with Crippen molar-refractivity contribution in [2.75, 3.05) is 12.1 Å². The zero-order chi connectivity index (χ0) is 22.0. The summed E-state index contributed by atoms with van der Waals surface area (Å²) in [5.74, 6) is 0.190. The topological polar surface area (TPSA) is 91.7 Å². The maximum atomic E-state index is 12.4. The predicted molar refractivity (Wildman–Crippen MR) is 102 cm³/mol. The maximum Gasteiger partial charge on any atom is 0.573 e. The SMILES string of the molecule is O=C(Cn1cnc(-c2ccc3c(c2)OCO3)cc1=O)Nc1ccc(OC(F)(F)F)cc1. The number of hydrogen-bond donors (Lipinski definition) is 1. The number of amides is 1. The third kappa shape index (κ3) is 4.94. The second kappa shape index (κ2) is 8.01. The van der Waals surface area contributed by atoms with E-state index in [9.17, 15) is 22.8 Å². The van der Waals surface area contributed by atoms with Crippen molar-refractivity contribution in [2.24, 2.45) is 0 Å². The fourth-order valence-corrected chi connectivity index (χ4v) is 2.85. The van der Waals surface area contributed by atoms with E-state index in [1.54, 1.807) is 18.2 Å². The first-order valence-corrected chi connectivity index (χ1v) is 8.89. The van der Waals surface area contributed by atoms with Crippen LogP contribution in [0.1, 0.15) is 0 Å². The smallest absolute Gasteiger partial charge is 0.454 e. The van der Waals surface area contributed by atoms with Crippen LogP contribution in [0.15, 0.2) is 59.7 Å². The minimum atomic E-state index is -4.80. The van der Waals surface area contributed by atoms with Crippen LogP contribution in [0.3, 0.4) is 0 Å². The van der Waals surface area contributed by atoms with Crippen LogP contribution in [0.5, 0.6) is 17.2 Å². The molecule has 1 N–H and O–H groups in total. The Morgan fingerprint density at radius 2 is 1.84 bits per heavy atom. The van der Waals surface area contributed by atoms with Gasteiger partial charge < -0.3 is 19.5 Å². The molecule has 0 atom stereocenters.